The van der Waals surface area contributed by atoms with E-state index in [0.717, 1.165) is 30.6 Å². The Bertz CT molecular complexity index is 606. The smallest absolute Gasteiger partial charge is 0.0873 e. The molecule has 1 fully saturated rings. The second kappa shape index (κ2) is 5.10. The molecule has 0 bridgehead atoms. The highest BCUT2D eigenvalue weighted by Gasteiger charge is 2.20. The second-order valence-corrected chi connectivity index (χ2v) is 6.88. The summed E-state index contributed by atoms with van der Waals surface area (Å²) < 4.78 is 2.00. The molecule has 0 N–H and O–H groups in total. The maximum atomic E-state index is 6.43. The first-order valence-electron chi connectivity index (χ1n) is 6.11. The van der Waals surface area contributed by atoms with Crippen LogP contribution in [0.25, 0.3) is 10.9 Å². The van der Waals surface area contributed by atoms with Gasteiger partial charge in [-0.3, -0.25) is 4.98 Å². The number of hydrogen-bond acceptors (Lipinski definition) is 1. The summed E-state index contributed by atoms with van der Waals surface area (Å²) in [5.74, 6) is 0.581. The van der Waals surface area contributed by atoms with Crippen molar-refractivity contribution in [3.05, 3.63) is 37.9 Å². The molecule has 18 heavy (non-hydrogen) atoms. The summed E-state index contributed by atoms with van der Waals surface area (Å²) in [6.45, 7) is 0. The molecular weight excluding hydrogens is 377 g/mol. The highest BCUT2D eigenvalue weighted by molar-refractivity contribution is 9.11. The Balaban J connectivity index is 2.23. The molecule has 0 unspecified atom stereocenters. The van der Waals surface area contributed by atoms with Gasteiger partial charge in [0.1, 0.15) is 0 Å². The normalized spacial score (nSPS) is 16.6. The molecule has 94 valence electrons. The summed E-state index contributed by atoms with van der Waals surface area (Å²) in [6.07, 6.45) is 5.09. The van der Waals surface area contributed by atoms with Gasteiger partial charge in [0, 0.05) is 25.9 Å². The van der Waals surface area contributed by atoms with E-state index in [1.807, 2.05) is 18.2 Å². The molecule has 1 nitrogen and oxygen atoms in total. The Hall–Kier alpha value is -0.120. The van der Waals surface area contributed by atoms with Crippen molar-refractivity contribution in [2.24, 2.45) is 0 Å². The highest BCUT2D eigenvalue weighted by Crippen LogP contribution is 2.39. The van der Waals surface area contributed by atoms with Crippen molar-refractivity contribution in [3.63, 3.8) is 0 Å². The van der Waals surface area contributed by atoms with E-state index in [0.29, 0.717) is 5.92 Å². The van der Waals surface area contributed by atoms with Crippen molar-refractivity contribution >= 4 is 54.4 Å². The molecule has 3 rings (SSSR count). The molecule has 1 aliphatic carbocycles. The molecule has 0 atom stereocenters. The van der Waals surface area contributed by atoms with Crippen molar-refractivity contribution in [2.45, 2.75) is 31.6 Å². The molecule has 0 spiro atoms. The molecule has 0 radical (unpaired) electrons. The predicted molar refractivity (Wildman–Crippen MR) is 83.4 cm³/mol. The molecule has 1 aromatic carbocycles. The molecular formula is C14H12Br2ClN. The zero-order valence-electron chi connectivity index (χ0n) is 9.72. The van der Waals surface area contributed by atoms with Crippen LogP contribution >= 0.6 is 43.5 Å². The maximum Gasteiger partial charge on any atom is 0.0873 e. The molecule has 1 aliphatic rings. The SMILES string of the molecule is Clc1cc(C2CCCC2)nc2c(Br)ccc(Br)c12. The van der Waals surface area contributed by atoms with Crippen LogP contribution in [-0.2, 0) is 0 Å². The van der Waals surface area contributed by atoms with Crippen LogP contribution in [0, 0.1) is 0 Å². The van der Waals surface area contributed by atoms with Gasteiger partial charge in [0.15, 0.2) is 0 Å². The minimum atomic E-state index is 0.581. The minimum absolute atomic E-state index is 0.581. The van der Waals surface area contributed by atoms with Crippen molar-refractivity contribution in [2.75, 3.05) is 0 Å². The van der Waals surface area contributed by atoms with Crippen LogP contribution in [0.2, 0.25) is 5.02 Å². The molecule has 1 aromatic heterocycles. The molecule has 0 saturated heterocycles. The zero-order valence-corrected chi connectivity index (χ0v) is 13.6. The van der Waals surface area contributed by atoms with E-state index in [4.69, 9.17) is 16.6 Å². The number of pyridine rings is 1. The summed E-state index contributed by atoms with van der Waals surface area (Å²) in [6, 6.07) is 6.04. The number of halogens is 3. The fraction of sp³-hybridized carbons (Fsp3) is 0.357. The van der Waals surface area contributed by atoms with Gasteiger partial charge in [-0.25, -0.2) is 0 Å². The van der Waals surface area contributed by atoms with E-state index in [2.05, 4.69) is 31.9 Å². The van der Waals surface area contributed by atoms with Gasteiger partial charge in [-0.2, -0.15) is 0 Å². The molecule has 1 saturated carbocycles. The number of hydrogen-bond donors (Lipinski definition) is 0. The van der Waals surface area contributed by atoms with Crippen LogP contribution < -0.4 is 0 Å². The van der Waals surface area contributed by atoms with Crippen LogP contribution in [0.1, 0.15) is 37.3 Å². The van der Waals surface area contributed by atoms with E-state index >= 15 is 0 Å². The Kier molecular flexibility index (Phi) is 3.65. The second-order valence-electron chi connectivity index (χ2n) is 4.76. The van der Waals surface area contributed by atoms with Gasteiger partial charge < -0.3 is 0 Å². The minimum Gasteiger partial charge on any atom is -0.251 e. The summed E-state index contributed by atoms with van der Waals surface area (Å²) in [5.41, 5.74) is 2.10. The number of benzene rings is 1. The fourth-order valence-electron chi connectivity index (χ4n) is 2.67. The van der Waals surface area contributed by atoms with E-state index < -0.39 is 0 Å². The third-order valence-corrected chi connectivity index (χ3v) is 5.20. The summed E-state index contributed by atoms with van der Waals surface area (Å²) >= 11 is 13.5. The van der Waals surface area contributed by atoms with E-state index in [9.17, 15) is 0 Å². The Morgan fingerprint density at radius 3 is 2.50 bits per heavy atom. The molecule has 1 heterocycles. The number of fused-ring (bicyclic) bond motifs is 1. The van der Waals surface area contributed by atoms with Crippen LogP contribution in [0.15, 0.2) is 27.1 Å². The standard InChI is InChI=1S/C14H12Br2ClN/c15-9-5-6-10(16)14-13(9)11(17)7-12(18-14)8-3-1-2-4-8/h5-8H,1-4H2. The third-order valence-electron chi connectivity index (χ3n) is 3.61. The fourth-order valence-corrected chi connectivity index (χ4v) is 4.04. The first-order valence-corrected chi connectivity index (χ1v) is 8.07. The van der Waals surface area contributed by atoms with E-state index in [1.54, 1.807) is 0 Å². The van der Waals surface area contributed by atoms with Gasteiger partial charge in [0.05, 0.1) is 10.5 Å². The molecule has 0 amide bonds. The van der Waals surface area contributed by atoms with E-state index in [-0.39, 0.29) is 0 Å². The molecule has 4 heteroatoms. The lowest BCUT2D eigenvalue weighted by Crippen LogP contribution is -1.98. The van der Waals surface area contributed by atoms with Gasteiger partial charge >= 0.3 is 0 Å². The van der Waals surface area contributed by atoms with Crippen LogP contribution in [0.4, 0.5) is 0 Å². The van der Waals surface area contributed by atoms with Crippen LogP contribution in [0.3, 0.4) is 0 Å². The van der Waals surface area contributed by atoms with Crippen molar-refractivity contribution in [1.29, 1.82) is 0 Å². The van der Waals surface area contributed by atoms with Gasteiger partial charge in [-0.1, -0.05) is 40.4 Å². The Morgan fingerprint density at radius 2 is 1.78 bits per heavy atom. The quantitative estimate of drug-likeness (QED) is 0.577. The Morgan fingerprint density at radius 1 is 1.11 bits per heavy atom. The van der Waals surface area contributed by atoms with Gasteiger partial charge in [-0.05, 0) is 47.0 Å². The average molecular weight is 390 g/mol. The van der Waals surface area contributed by atoms with E-state index in [1.165, 1.54) is 25.7 Å². The first-order chi connectivity index (χ1) is 8.66. The summed E-state index contributed by atoms with van der Waals surface area (Å²) in [7, 11) is 0. The van der Waals surface area contributed by atoms with Crippen LogP contribution in [0.5, 0.6) is 0 Å². The number of aromatic nitrogens is 1. The zero-order chi connectivity index (χ0) is 12.7. The van der Waals surface area contributed by atoms with Crippen LogP contribution in [-0.4, -0.2) is 4.98 Å². The molecule has 2 aromatic rings. The number of nitrogens with zero attached hydrogens (tertiary/aromatic N) is 1. The lowest BCUT2D eigenvalue weighted by molar-refractivity contribution is 0.701. The van der Waals surface area contributed by atoms with Gasteiger partial charge in [0.25, 0.3) is 0 Å². The third kappa shape index (κ3) is 2.21. The predicted octanol–water partition coefficient (Wildman–Crippen LogP) is 6.07. The number of rotatable bonds is 1. The van der Waals surface area contributed by atoms with Crippen molar-refractivity contribution in [1.82, 2.24) is 4.98 Å². The average Bonchev–Trinajstić information content (AvgIpc) is 2.87. The lowest BCUT2D eigenvalue weighted by atomic mass is 10.0. The monoisotopic (exact) mass is 387 g/mol. The largest absolute Gasteiger partial charge is 0.251 e. The van der Waals surface area contributed by atoms with Crippen molar-refractivity contribution < 1.29 is 0 Å². The van der Waals surface area contributed by atoms with Gasteiger partial charge in [-0.15, -0.1) is 0 Å². The Labute approximate surface area is 128 Å². The summed E-state index contributed by atoms with van der Waals surface area (Å²) in [5, 5.41) is 1.78. The highest BCUT2D eigenvalue weighted by atomic mass is 79.9. The topological polar surface area (TPSA) is 12.9 Å². The van der Waals surface area contributed by atoms with Crippen molar-refractivity contribution in [3.8, 4) is 0 Å². The van der Waals surface area contributed by atoms with Gasteiger partial charge in [0.2, 0.25) is 0 Å². The maximum absolute atomic E-state index is 6.43. The summed E-state index contributed by atoms with van der Waals surface area (Å²) in [4.78, 5) is 4.82. The lowest BCUT2D eigenvalue weighted by Gasteiger charge is -2.12. The first kappa shape index (κ1) is 12.9. The molecule has 0 aliphatic heterocycles.